The lowest BCUT2D eigenvalue weighted by molar-refractivity contribution is 0.552. The summed E-state index contributed by atoms with van der Waals surface area (Å²) in [6.07, 6.45) is 3.69. The fourth-order valence-electron chi connectivity index (χ4n) is 2.10. The molecule has 0 amide bonds. The third kappa shape index (κ3) is 5.16. The van der Waals surface area contributed by atoms with Crippen LogP contribution in [0.5, 0.6) is 0 Å². The maximum Gasteiger partial charge on any atom is 0.128 e. The molecule has 0 unspecified atom stereocenters. The molecule has 4 heteroatoms. The maximum absolute atomic E-state index is 4.45. The van der Waals surface area contributed by atoms with Crippen molar-refractivity contribution in [3.05, 3.63) is 54.0 Å². The molecule has 2 heterocycles. The molecular weight excluding hydrogens is 260 g/mol. The van der Waals surface area contributed by atoms with Gasteiger partial charge in [0.25, 0.3) is 0 Å². The van der Waals surface area contributed by atoms with Crippen LogP contribution >= 0.6 is 0 Å². The molecule has 0 bridgehead atoms. The van der Waals surface area contributed by atoms with Crippen molar-refractivity contribution >= 4 is 5.82 Å². The second-order valence-electron chi connectivity index (χ2n) is 5.72. The molecule has 0 aromatic carbocycles. The average Bonchev–Trinajstić information content (AvgIpc) is 2.48. The fourth-order valence-corrected chi connectivity index (χ4v) is 2.10. The van der Waals surface area contributed by atoms with Gasteiger partial charge < -0.3 is 10.2 Å². The quantitative estimate of drug-likeness (QED) is 0.849. The van der Waals surface area contributed by atoms with E-state index in [1.807, 2.05) is 37.6 Å². The van der Waals surface area contributed by atoms with E-state index < -0.39 is 0 Å². The van der Waals surface area contributed by atoms with Crippen LogP contribution < -0.4 is 10.2 Å². The van der Waals surface area contributed by atoms with Crippen molar-refractivity contribution in [3.8, 4) is 0 Å². The van der Waals surface area contributed by atoms with E-state index in [2.05, 4.69) is 46.2 Å². The summed E-state index contributed by atoms with van der Waals surface area (Å²) in [7, 11) is 2.04. The fraction of sp³-hybridized carbons (Fsp3) is 0.412. The molecule has 0 saturated heterocycles. The Morgan fingerprint density at radius 3 is 2.71 bits per heavy atom. The van der Waals surface area contributed by atoms with Crippen molar-refractivity contribution < 1.29 is 0 Å². The first-order chi connectivity index (χ1) is 10.1. The minimum Gasteiger partial charge on any atom is -0.354 e. The van der Waals surface area contributed by atoms with Gasteiger partial charge in [-0.2, -0.15) is 0 Å². The molecule has 2 aromatic rings. The van der Waals surface area contributed by atoms with E-state index in [0.29, 0.717) is 5.92 Å². The van der Waals surface area contributed by atoms with E-state index in [9.17, 15) is 0 Å². The van der Waals surface area contributed by atoms with Crippen LogP contribution in [0.25, 0.3) is 0 Å². The SMILES string of the molecule is CC(C)CNCc1ccnc(N(C)Cc2ccccn2)c1. The summed E-state index contributed by atoms with van der Waals surface area (Å²) >= 11 is 0. The Kier molecular flexibility index (Phi) is 5.69. The van der Waals surface area contributed by atoms with Crippen LogP contribution in [0.1, 0.15) is 25.1 Å². The molecule has 0 saturated carbocycles. The Hall–Kier alpha value is -1.94. The largest absolute Gasteiger partial charge is 0.354 e. The highest BCUT2D eigenvalue weighted by Gasteiger charge is 2.05. The van der Waals surface area contributed by atoms with E-state index in [-0.39, 0.29) is 0 Å². The zero-order chi connectivity index (χ0) is 15.1. The van der Waals surface area contributed by atoms with Gasteiger partial charge in [0.2, 0.25) is 0 Å². The number of hydrogen-bond donors (Lipinski definition) is 1. The van der Waals surface area contributed by atoms with E-state index in [4.69, 9.17) is 0 Å². The van der Waals surface area contributed by atoms with Crippen molar-refractivity contribution in [1.82, 2.24) is 15.3 Å². The number of anilines is 1. The number of nitrogens with one attached hydrogen (secondary N) is 1. The van der Waals surface area contributed by atoms with E-state index >= 15 is 0 Å². The Balaban J connectivity index is 1.96. The predicted octanol–water partition coefficient (Wildman–Crippen LogP) is 2.86. The zero-order valence-corrected chi connectivity index (χ0v) is 13.1. The van der Waals surface area contributed by atoms with Crippen LogP contribution in [0.2, 0.25) is 0 Å². The van der Waals surface area contributed by atoms with Crippen molar-refractivity contribution in [1.29, 1.82) is 0 Å². The van der Waals surface area contributed by atoms with Crippen molar-refractivity contribution in [3.63, 3.8) is 0 Å². The normalized spacial score (nSPS) is 10.9. The molecule has 1 N–H and O–H groups in total. The standard InChI is InChI=1S/C17H24N4/c1-14(2)11-18-12-15-7-9-20-17(10-15)21(3)13-16-6-4-5-8-19-16/h4-10,14,18H,11-13H2,1-3H3. The Morgan fingerprint density at radius 2 is 2.00 bits per heavy atom. The summed E-state index contributed by atoms with van der Waals surface area (Å²) in [6.45, 7) is 7.10. The topological polar surface area (TPSA) is 41.1 Å². The number of nitrogens with zero attached hydrogens (tertiary/aromatic N) is 3. The first-order valence-corrected chi connectivity index (χ1v) is 7.42. The van der Waals surface area contributed by atoms with Gasteiger partial charge in [0.15, 0.2) is 0 Å². The number of rotatable bonds is 7. The summed E-state index contributed by atoms with van der Waals surface area (Å²) in [4.78, 5) is 10.9. The third-order valence-electron chi connectivity index (χ3n) is 3.21. The van der Waals surface area contributed by atoms with Crippen LogP contribution in [0.4, 0.5) is 5.82 Å². The molecule has 0 aliphatic heterocycles. The zero-order valence-electron chi connectivity index (χ0n) is 13.1. The summed E-state index contributed by atoms with van der Waals surface area (Å²) < 4.78 is 0. The summed E-state index contributed by atoms with van der Waals surface area (Å²) in [6, 6.07) is 10.2. The molecule has 112 valence electrons. The highest BCUT2D eigenvalue weighted by molar-refractivity contribution is 5.40. The van der Waals surface area contributed by atoms with Gasteiger partial charge in [-0.1, -0.05) is 19.9 Å². The minimum absolute atomic E-state index is 0.665. The van der Waals surface area contributed by atoms with Gasteiger partial charge in [0.1, 0.15) is 5.82 Å². The van der Waals surface area contributed by atoms with Crippen molar-refractivity contribution in [2.45, 2.75) is 26.9 Å². The summed E-state index contributed by atoms with van der Waals surface area (Å²) in [5, 5.41) is 3.46. The van der Waals surface area contributed by atoms with Crippen LogP contribution in [-0.2, 0) is 13.1 Å². The number of hydrogen-bond acceptors (Lipinski definition) is 4. The molecule has 0 atom stereocenters. The molecule has 21 heavy (non-hydrogen) atoms. The molecule has 0 spiro atoms. The van der Waals surface area contributed by atoms with Gasteiger partial charge in [-0.25, -0.2) is 4.98 Å². The van der Waals surface area contributed by atoms with Crippen LogP contribution in [-0.4, -0.2) is 23.6 Å². The predicted molar refractivity (Wildman–Crippen MR) is 87.1 cm³/mol. The van der Waals surface area contributed by atoms with Crippen LogP contribution in [0, 0.1) is 5.92 Å². The Bertz CT molecular complexity index is 539. The van der Waals surface area contributed by atoms with E-state index in [0.717, 1.165) is 31.1 Å². The van der Waals surface area contributed by atoms with Gasteiger partial charge in [0.05, 0.1) is 12.2 Å². The Labute approximate surface area is 127 Å². The highest BCUT2D eigenvalue weighted by Crippen LogP contribution is 2.13. The van der Waals surface area contributed by atoms with Crippen molar-refractivity contribution in [2.24, 2.45) is 5.92 Å². The van der Waals surface area contributed by atoms with Crippen LogP contribution in [0.3, 0.4) is 0 Å². The number of aromatic nitrogens is 2. The van der Waals surface area contributed by atoms with Crippen molar-refractivity contribution in [2.75, 3.05) is 18.5 Å². The molecule has 0 aliphatic carbocycles. The average molecular weight is 284 g/mol. The first-order valence-electron chi connectivity index (χ1n) is 7.42. The second kappa shape index (κ2) is 7.74. The maximum atomic E-state index is 4.45. The van der Waals surface area contributed by atoms with Gasteiger partial charge in [-0.05, 0) is 42.3 Å². The monoisotopic (exact) mass is 284 g/mol. The van der Waals surface area contributed by atoms with Gasteiger partial charge in [0, 0.05) is 26.0 Å². The minimum atomic E-state index is 0.665. The van der Waals surface area contributed by atoms with E-state index in [1.54, 1.807) is 0 Å². The number of pyridine rings is 2. The second-order valence-corrected chi connectivity index (χ2v) is 5.72. The molecule has 2 aromatic heterocycles. The molecule has 0 aliphatic rings. The lowest BCUT2D eigenvalue weighted by Crippen LogP contribution is -2.21. The van der Waals surface area contributed by atoms with E-state index in [1.165, 1.54) is 5.56 Å². The molecule has 0 fully saturated rings. The molecule has 4 nitrogen and oxygen atoms in total. The Morgan fingerprint density at radius 1 is 1.14 bits per heavy atom. The van der Waals surface area contributed by atoms with Gasteiger partial charge in [-0.3, -0.25) is 4.98 Å². The third-order valence-corrected chi connectivity index (χ3v) is 3.21. The van der Waals surface area contributed by atoms with Gasteiger partial charge >= 0.3 is 0 Å². The van der Waals surface area contributed by atoms with Crippen LogP contribution in [0.15, 0.2) is 42.7 Å². The highest BCUT2D eigenvalue weighted by atomic mass is 15.2. The molecular formula is C17H24N4. The summed E-state index contributed by atoms with van der Waals surface area (Å²) in [5.74, 6) is 1.64. The lowest BCUT2D eigenvalue weighted by Gasteiger charge is -2.18. The molecule has 0 radical (unpaired) electrons. The first kappa shape index (κ1) is 15.4. The summed E-state index contributed by atoms with van der Waals surface area (Å²) in [5.41, 5.74) is 2.30. The smallest absolute Gasteiger partial charge is 0.128 e. The van der Waals surface area contributed by atoms with Gasteiger partial charge in [-0.15, -0.1) is 0 Å². The molecule has 2 rings (SSSR count). The lowest BCUT2D eigenvalue weighted by atomic mass is 10.2.